The zero-order valence-corrected chi connectivity index (χ0v) is 20.9. The van der Waals surface area contributed by atoms with Gasteiger partial charge in [-0.2, -0.15) is 0 Å². The Morgan fingerprint density at radius 3 is 2.29 bits per heavy atom. The lowest BCUT2D eigenvalue weighted by Crippen LogP contribution is -2.51. The summed E-state index contributed by atoms with van der Waals surface area (Å²) in [5.74, 6) is -3.51. The number of halogens is 2. The molecule has 1 aliphatic heterocycles. The molecule has 2 aliphatic rings. The highest BCUT2D eigenvalue weighted by molar-refractivity contribution is 7.02. The van der Waals surface area contributed by atoms with Gasteiger partial charge in [-0.25, -0.2) is 13.4 Å². The van der Waals surface area contributed by atoms with Crippen molar-refractivity contribution in [2.45, 2.75) is 6.55 Å². The molecule has 0 radical (unpaired) electrons. The second kappa shape index (κ2) is 8.33. The van der Waals surface area contributed by atoms with E-state index in [2.05, 4.69) is 25.3 Å². The van der Waals surface area contributed by atoms with Gasteiger partial charge in [-0.15, -0.1) is 6.58 Å². The number of fused-ring (bicyclic) bond motifs is 2. The maximum atomic E-state index is 15.4. The van der Waals surface area contributed by atoms with Crippen LogP contribution in [0.1, 0.15) is 21.5 Å². The molecule has 2 aromatic rings. The van der Waals surface area contributed by atoms with Gasteiger partial charge < -0.3 is 14.8 Å². The summed E-state index contributed by atoms with van der Waals surface area (Å²) in [7, 11) is 5.27. The van der Waals surface area contributed by atoms with Crippen LogP contribution in [-0.2, 0) is 0 Å². The summed E-state index contributed by atoms with van der Waals surface area (Å²) in [6, 6.07) is 7.52. The van der Waals surface area contributed by atoms with E-state index in [1.165, 1.54) is 0 Å². The van der Waals surface area contributed by atoms with Crippen molar-refractivity contribution in [1.29, 1.82) is 0 Å². The zero-order chi connectivity index (χ0) is 24.9. The zero-order valence-electron chi connectivity index (χ0n) is 19.9. The van der Waals surface area contributed by atoms with Crippen LogP contribution >= 0.6 is 0 Å². The van der Waals surface area contributed by atoms with Crippen molar-refractivity contribution >= 4 is 36.2 Å². The fraction of sp³-hybridized carbons (Fsp3) is 0.185. The third-order valence-corrected chi connectivity index (χ3v) is 10.5. The number of carbonyl (C=O) groups is 1. The number of carbonyl (C=O) groups excluding carboxylic acids is 1. The average molecular weight is 477 g/mol. The van der Waals surface area contributed by atoms with Gasteiger partial charge >= 0.3 is 0 Å². The minimum atomic E-state index is -2.50. The number of benzene rings is 2. The van der Waals surface area contributed by atoms with Crippen molar-refractivity contribution in [2.24, 2.45) is 0 Å². The first kappa shape index (κ1) is 23.6. The van der Waals surface area contributed by atoms with Gasteiger partial charge in [-0.05, 0) is 51.9 Å². The normalized spacial score (nSPS) is 18.8. The van der Waals surface area contributed by atoms with E-state index >= 15 is 8.78 Å². The predicted molar refractivity (Wildman–Crippen MR) is 133 cm³/mol. The molecule has 4 nitrogen and oxygen atoms in total. The van der Waals surface area contributed by atoms with Crippen molar-refractivity contribution in [2.75, 3.05) is 33.1 Å². The van der Waals surface area contributed by atoms with Crippen molar-refractivity contribution in [3.8, 4) is 0 Å². The number of nitrogens with zero attached hydrogens (tertiary/aromatic N) is 2. The molecule has 174 valence electrons. The number of anilines is 1. The topological polar surface area (TPSA) is 46.4 Å². The van der Waals surface area contributed by atoms with Crippen molar-refractivity contribution < 1.29 is 23.3 Å². The number of rotatable bonds is 4. The van der Waals surface area contributed by atoms with Gasteiger partial charge in [0.2, 0.25) is 0 Å². The van der Waals surface area contributed by atoms with Crippen LogP contribution in [0.2, 0.25) is 6.55 Å². The molecule has 1 unspecified atom stereocenters. The van der Waals surface area contributed by atoms with E-state index in [9.17, 15) is 9.90 Å². The minimum Gasteiger partial charge on any atom is -0.545 e. The average Bonchev–Trinajstić information content (AvgIpc) is 2.79. The van der Waals surface area contributed by atoms with E-state index in [-0.39, 0.29) is 5.56 Å². The number of carboxylic acids is 1. The van der Waals surface area contributed by atoms with Crippen LogP contribution in [0.15, 0.2) is 71.6 Å². The largest absolute Gasteiger partial charge is 0.545 e. The van der Waals surface area contributed by atoms with Crippen LogP contribution in [-0.4, -0.2) is 52.5 Å². The van der Waals surface area contributed by atoms with Crippen LogP contribution < -0.4 is 15.2 Å². The number of allylic oxidation sites excluding steroid dienone is 5. The predicted octanol–water partition coefficient (Wildman–Crippen LogP) is 2.97. The molecule has 0 spiro atoms. The Hall–Kier alpha value is -3.58. The van der Waals surface area contributed by atoms with Crippen LogP contribution in [0.25, 0.3) is 5.57 Å². The highest BCUT2D eigenvalue weighted by Crippen LogP contribution is 2.43. The third-order valence-electron chi connectivity index (χ3n) is 6.63. The summed E-state index contributed by atoms with van der Waals surface area (Å²) in [5.41, 5.74) is 5.01. The fourth-order valence-corrected chi connectivity index (χ4v) is 7.79. The molecule has 0 saturated carbocycles. The van der Waals surface area contributed by atoms with Gasteiger partial charge in [-0.1, -0.05) is 18.3 Å². The first-order chi connectivity index (χ1) is 16.0. The van der Waals surface area contributed by atoms with E-state index in [1.807, 2.05) is 67.7 Å². The number of hydrogen-bond donors (Lipinski definition) is 0. The summed E-state index contributed by atoms with van der Waals surface area (Å²) >= 11 is 0. The molecule has 7 heteroatoms. The maximum Gasteiger partial charge on any atom is 0.199 e. The Balaban J connectivity index is 2.16. The van der Waals surface area contributed by atoms with Crippen LogP contribution in [0.5, 0.6) is 0 Å². The number of hydrogen-bond acceptors (Lipinski definition) is 3. The Labute approximate surface area is 199 Å². The highest BCUT2D eigenvalue weighted by Gasteiger charge is 2.42. The summed E-state index contributed by atoms with van der Waals surface area (Å²) in [5, 5.41) is 13.2. The van der Waals surface area contributed by atoms with Gasteiger partial charge in [0, 0.05) is 43.1 Å². The molecule has 1 atom stereocenters. The van der Waals surface area contributed by atoms with Gasteiger partial charge in [0.25, 0.3) is 0 Å². The molecule has 0 fully saturated rings. The van der Waals surface area contributed by atoms with Crippen LogP contribution in [0, 0.1) is 11.6 Å². The highest BCUT2D eigenvalue weighted by atomic mass is 28.3. The monoisotopic (exact) mass is 476 g/mol. The summed E-state index contributed by atoms with van der Waals surface area (Å²) in [4.78, 5) is 13.2. The second-order valence-electron chi connectivity index (χ2n) is 9.13. The first-order valence-electron chi connectivity index (χ1n) is 10.8. The summed E-state index contributed by atoms with van der Waals surface area (Å²) < 4.78 is 32.7. The Morgan fingerprint density at radius 1 is 1.12 bits per heavy atom. The SMILES string of the molecule is C=C[Si]1(C)C2=CC(=[N+](C)C)C=CC2=C(c2c(F)cc(C(=O)[O-])cc2F)c2ccc(N(C)C)cc21. The van der Waals surface area contributed by atoms with Crippen LogP contribution in [0.4, 0.5) is 14.5 Å². The van der Waals surface area contributed by atoms with Crippen molar-refractivity contribution in [1.82, 2.24) is 0 Å². The molecular weight excluding hydrogens is 450 g/mol. The molecule has 2 aromatic carbocycles. The molecule has 0 aromatic heterocycles. The van der Waals surface area contributed by atoms with Crippen molar-refractivity contribution in [3.05, 3.63) is 99.9 Å². The lowest BCUT2D eigenvalue weighted by molar-refractivity contribution is -0.462. The van der Waals surface area contributed by atoms with Crippen LogP contribution in [0.3, 0.4) is 0 Å². The summed E-state index contributed by atoms with van der Waals surface area (Å²) in [6.07, 6.45) is 5.88. The third kappa shape index (κ3) is 3.56. The molecular formula is C27H26F2N2O2Si. The lowest BCUT2D eigenvalue weighted by atomic mass is 9.88. The van der Waals surface area contributed by atoms with E-state index in [0.717, 1.165) is 45.1 Å². The quantitative estimate of drug-likeness (QED) is 0.504. The molecule has 1 aliphatic carbocycles. The fourth-order valence-electron chi connectivity index (χ4n) is 4.63. The van der Waals surface area contributed by atoms with Crippen molar-refractivity contribution in [3.63, 3.8) is 0 Å². The molecule has 0 amide bonds. The second-order valence-corrected chi connectivity index (χ2v) is 13.0. The van der Waals surface area contributed by atoms with Gasteiger partial charge in [0.15, 0.2) is 5.71 Å². The summed E-state index contributed by atoms with van der Waals surface area (Å²) in [6.45, 7) is 6.35. The Morgan fingerprint density at radius 2 is 1.76 bits per heavy atom. The van der Waals surface area contributed by atoms with E-state index < -0.39 is 31.2 Å². The van der Waals surface area contributed by atoms with Gasteiger partial charge in [0.05, 0.1) is 11.5 Å². The maximum absolute atomic E-state index is 15.4. The smallest absolute Gasteiger partial charge is 0.199 e. The molecule has 34 heavy (non-hydrogen) atoms. The molecule has 1 heterocycles. The molecule has 0 N–H and O–H groups in total. The number of carboxylic acid groups (broad SMARTS) is 1. The lowest BCUT2D eigenvalue weighted by Gasteiger charge is -2.38. The van der Waals surface area contributed by atoms with E-state index in [4.69, 9.17) is 0 Å². The minimum absolute atomic E-state index is 0.247. The Kier molecular flexibility index (Phi) is 5.77. The molecule has 4 rings (SSSR count). The van der Waals surface area contributed by atoms with E-state index in [1.54, 1.807) is 0 Å². The van der Waals surface area contributed by atoms with E-state index in [0.29, 0.717) is 5.57 Å². The van der Waals surface area contributed by atoms with Gasteiger partial charge in [-0.3, -0.25) is 0 Å². The first-order valence-corrected chi connectivity index (χ1v) is 13.4. The molecule has 0 saturated heterocycles. The standard InChI is InChI=1S/C27H26F2N2O2Si/c1-7-34(6)23-14-17(30(2)3)8-10-19(23)25(20-11-9-18(31(4)5)15-24(20)34)26-21(28)12-16(27(32)33)13-22(26)29/h7-15H,1H2,2-6H3. The number of aromatic carboxylic acids is 1. The molecule has 0 bridgehead atoms. The van der Waals surface area contributed by atoms with Gasteiger partial charge in [0.1, 0.15) is 33.8 Å². The Bertz CT molecular complexity index is 1360.